The molecule has 0 atom stereocenters. The highest BCUT2D eigenvalue weighted by Gasteiger charge is 2.34. The number of hydrogen-bond acceptors (Lipinski definition) is 3. The fourth-order valence-electron chi connectivity index (χ4n) is 1.47. The average molecular weight is 332 g/mol. The number of anilines is 1. The molecule has 2 rings (SSSR count). The second-order valence-electron chi connectivity index (χ2n) is 3.72. The monoisotopic (exact) mass is 331 g/mol. The van der Waals surface area contributed by atoms with Crippen molar-refractivity contribution in [2.75, 3.05) is 5.32 Å². The molecule has 1 N–H and O–H groups in total. The molecule has 0 aliphatic carbocycles. The van der Waals surface area contributed by atoms with Gasteiger partial charge in [0.1, 0.15) is 5.82 Å². The highest BCUT2D eigenvalue weighted by Crippen LogP contribution is 2.35. The van der Waals surface area contributed by atoms with E-state index in [0.717, 1.165) is 6.07 Å². The Hall–Kier alpha value is -1.63. The SMILES string of the molecule is FC(F)(F)c1cc(Br)cnc1NCc1ccccn1. The number of alkyl halides is 3. The zero-order valence-electron chi connectivity index (χ0n) is 9.58. The number of pyridine rings is 2. The van der Waals surface area contributed by atoms with Gasteiger partial charge in [-0.2, -0.15) is 13.2 Å². The van der Waals surface area contributed by atoms with Gasteiger partial charge in [0.05, 0.1) is 17.8 Å². The van der Waals surface area contributed by atoms with Crippen molar-refractivity contribution >= 4 is 21.7 Å². The first kappa shape index (κ1) is 13.8. The molecule has 0 aromatic carbocycles. The minimum atomic E-state index is -4.46. The van der Waals surface area contributed by atoms with E-state index >= 15 is 0 Å². The Morgan fingerprint density at radius 2 is 2.00 bits per heavy atom. The van der Waals surface area contributed by atoms with Gasteiger partial charge in [-0.3, -0.25) is 4.98 Å². The smallest absolute Gasteiger partial charge is 0.364 e. The second-order valence-corrected chi connectivity index (χ2v) is 4.64. The lowest BCUT2D eigenvalue weighted by molar-refractivity contribution is -0.137. The normalized spacial score (nSPS) is 11.4. The van der Waals surface area contributed by atoms with Crippen molar-refractivity contribution in [3.05, 3.63) is 52.4 Å². The van der Waals surface area contributed by atoms with E-state index in [1.54, 1.807) is 24.4 Å². The molecule has 0 saturated carbocycles. The Morgan fingerprint density at radius 3 is 2.63 bits per heavy atom. The van der Waals surface area contributed by atoms with Crippen molar-refractivity contribution in [3.63, 3.8) is 0 Å². The highest BCUT2D eigenvalue weighted by molar-refractivity contribution is 9.10. The molecule has 7 heteroatoms. The van der Waals surface area contributed by atoms with Crippen molar-refractivity contribution in [1.29, 1.82) is 0 Å². The molecule has 0 radical (unpaired) electrons. The molecular formula is C12H9BrF3N3. The summed E-state index contributed by atoms with van der Waals surface area (Å²) in [5.41, 5.74) is -0.168. The van der Waals surface area contributed by atoms with Crippen molar-refractivity contribution in [2.45, 2.75) is 12.7 Å². The Labute approximate surface area is 116 Å². The summed E-state index contributed by atoms with van der Waals surface area (Å²) >= 11 is 2.98. The minimum absolute atomic E-state index is 0.179. The lowest BCUT2D eigenvalue weighted by Gasteiger charge is -2.13. The van der Waals surface area contributed by atoms with Crippen LogP contribution in [-0.4, -0.2) is 9.97 Å². The number of rotatable bonds is 3. The summed E-state index contributed by atoms with van der Waals surface area (Å²) in [7, 11) is 0. The van der Waals surface area contributed by atoms with Gasteiger partial charge in [0, 0.05) is 16.9 Å². The van der Waals surface area contributed by atoms with Crippen LogP contribution in [-0.2, 0) is 12.7 Å². The Bertz CT molecular complexity index is 558. The van der Waals surface area contributed by atoms with E-state index in [1.165, 1.54) is 6.20 Å². The molecule has 19 heavy (non-hydrogen) atoms. The van der Waals surface area contributed by atoms with Crippen LogP contribution < -0.4 is 5.32 Å². The van der Waals surface area contributed by atoms with E-state index in [4.69, 9.17) is 0 Å². The van der Waals surface area contributed by atoms with Gasteiger partial charge >= 0.3 is 6.18 Å². The molecule has 2 heterocycles. The fourth-order valence-corrected chi connectivity index (χ4v) is 1.80. The van der Waals surface area contributed by atoms with E-state index in [1.807, 2.05) is 0 Å². The quantitative estimate of drug-likeness (QED) is 0.927. The van der Waals surface area contributed by atoms with Crippen LogP contribution in [0.25, 0.3) is 0 Å². The summed E-state index contributed by atoms with van der Waals surface area (Å²) in [4.78, 5) is 7.78. The molecule has 2 aromatic heterocycles. The molecule has 0 amide bonds. The minimum Gasteiger partial charge on any atom is -0.364 e. The third-order valence-electron chi connectivity index (χ3n) is 2.32. The predicted octanol–water partition coefficient (Wildman–Crippen LogP) is 3.87. The van der Waals surface area contributed by atoms with Crippen molar-refractivity contribution in [1.82, 2.24) is 9.97 Å². The molecule has 0 fully saturated rings. The number of hydrogen-bond donors (Lipinski definition) is 1. The number of halogens is 4. The number of aromatic nitrogens is 2. The van der Waals surface area contributed by atoms with Crippen molar-refractivity contribution in [3.8, 4) is 0 Å². The lowest BCUT2D eigenvalue weighted by atomic mass is 10.2. The van der Waals surface area contributed by atoms with E-state index in [2.05, 4.69) is 31.2 Å². The first-order valence-electron chi connectivity index (χ1n) is 5.33. The zero-order valence-corrected chi connectivity index (χ0v) is 11.2. The predicted molar refractivity (Wildman–Crippen MR) is 68.5 cm³/mol. The van der Waals surface area contributed by atoms with E-state index < -0.39 is 11.7 Å². The van der Waals surface area contributed by atoms with Crippen LogP contribution in [0.15, 0.2) is 41.1 Å². The highest BCUT2D eigenvalue weighted by atomic mass is 79.9. The Balaban J connectivity index is 2.21. The molecule has 0 bridgehead atoms. The topological polar surface area (TPSA) is 37.8 Å². The average Bonchev–Trinajstić information content (AvgIpc) is 2.37. The molecule has 0 spiro atoms. The summed E-state index contributed by atoms with van der Waals surface area (Å²) in [6.45, 7) is 0.179. The Morgan fingerprint density at radius 1 is 1.21 bits per heavy atom. The summed E-state index contributed by atoms with van der Waals surface area (Å²) in [5, 5.41) is 2.65. The maximum absolute atomic E-state index is 12.8. The van der Waals surface area contributed by atoms with Crippen LogP contribution in [0.2, 0.25) is 0 Å². The van der Waals surface area contributed by atoms with Gasteiger partial charge in [-0.05, 0) is 34.1 Å². The van der Waals surface area contributed by atoms with Crippen LogP contribution in [0.4, 0.5) is 19.0 Å². The first-order valence-corrected chi connectivity index (χ1v) is 6.12. The van der Waals surface area contributed by atoms with Crippen molar-refractivity contribution in [2.24, 2.45) is 0 Å². The van der Waals surface area contributed by atoms with Gasteiger partial charge in [-0.25, -0.2) is 4.98 Å². The molecule has 0 aliphatic rings. The molecule has 100 valence electrons. The zero-order chi connectivity index (χ0) is 13.9. The van der Waals surface area contributed by atoms with Crippen LogP contribution in [0.5, 0.6) is 0 Å². The van der Waals surface area contributed by atoms with E-state index in [0.29, 0.717) is 5.69 Å². The largest absolute Gasteiger partial charge is 0.419 e. The van der Waals surface area contributed by atoms with Crippen LogP contribution in [0.1, 0.15) is 11.3 Å². The molecule has 0 unspecified atom stereocenters. The molecule has 2 aromatic rings. The number of nitrogens with one attached hydrogen (secondary N) is 1. The van der Waals surface area contributed by atoms with Gasteiger partial charge in [0.15, 0.2) is 0 Å². The third-order valence-corrected chi connectivity index (χ3v) is 2.76. The van der Waals surface area contributed by atoms with Crippen LogP contribution >= 0.6 is 15.9 Å². The molecule has 3 nitrogen and oxygen atoms in total. The first-order chi connectivity index (χ1) is 8.97. The summed E-state index contributed by atoms with van der Waals surface area (Å²) in [5.74, 6) is -0.207. The summed E-state index contributed by atoms with van der Waals surface area (Å²) < 4.78 is 38.8. The van der Waals surface area contributed by atoms with Crippen LogP contribution in [0, 0.1) is 0 Å². The maximum atomic E-state index is 12.8. The Kier molecular flexibility index (Phi) is 4.04. The van der Waals surface area contributed by atoms with Crippen LogP contribution in [0.3, 0.4) is 0 Å². The van der Waals surface area contributed by atoms with E-state index in [9.17, 15) is 13.2 Å². The van der Waals surface area contributed by atoms with Gasteiger partial charge < -0.3 is 5.32 Å². The van der Waals surface area contributed by atoms with Gasteiger partial charge in [0.25, 0.3) is 0 Å². The molecule has 0 saturated heterocycles. The molecular weight excluding hydrogens is 323 g/mol. The standard InChI is InChI=1S/C12H9BrF3N3/c13-8-5-10(12(14,15)16)11(18-6-8)19-7-9-3-1-2-4-17-9/h1-6H,7H2,(H,18,19). The lowest BCUT2D eigenvalue weighted by Crippen LogP contribution is -2.12. The van der Waals surface area contributed by atoms with E-state index in [-0.39, 0.29) is 16.8 Å². The van der Waals surface area contributed by atoms with Gasteiger partial charge in [0.2, 0.25) is 0 Å². The molecule has 0 aliphatic heterocycles. The summed E-state index contributed by atoms with van der Waals surface area (Å²) in [6, 6.07) is 6.22. The van der Waals surface area contributed by atoms with Gasteiger partial charge in [-0.1, -0.05) is 6.07 Å². The second kappa shape index (κ2) is 5.56. The maximum Gasteiger partial charge on any atom is 0.419 e. The van der Waals surface area contributed by atoms with Crippen molar-refractivity contribution < 1.29 is 13.2 Å². The third kappa shape index (κ3) is 3.66. The summed E-state index contributed by atoms with van der Waals surface area (Å²) in [6.07, 6.45) is -1.56. The van der Waals surface area contributed by atoms with Gasteiger partial charge in [-0.15, -0.1) is 0 Å². The number of nitrogens with zero attached hydrogens (tertiary/aromatic N) is 2. The fraction of sp³-hybridized carbons (Fsp3) is 0.167.